The molecule has 5 heteroatoms. The van der Waals surface area contributed by atoms with Crippen molar-refractivity contribution in [2.24, 2.45) is 0 Å². The summed E-state index contributed by atoms with van der Waals surface area (Å²) in [5.41, 5.74) is 3.05. The number of rotatable bonds is 3. The van der Waals surface area contributed by atoms with E-state index in [1.165, 1.54) is 12.3 Å². The minimum atomic E-state index is -0.474. The first kappa shape index (κ1) is 17.9. The first-order valence-electron chi connectivity index (χ1n) is 8.68. The Bertz CT molecular complexity index is 1200. The molecule has 4 aromatic rings. The molecule has 0 aliphatic heterocycles. The number of hydrogen-bond donors (Lipinski definition) is 0. The Labute approximate surface area is 166 Å². The Morgan fingerprint density at radius 1 is 0.786 bits per heavy atom. The Balaban J connectivity index is 1.89. The van der Waals surface area contributed by atoms with Crippen LogP contribution in [0.4, 0.5) is 0 Å². The van der Waals surface area contributed by atoms with Crippen molar-refractivity contribution in [1.82, 2.24) is 9.55 Å². The van der Waals surface area contributed by atoms with E-state index in [2.05, 4.69) is 4.98 Å². The molecule has 0 bridgehead atoms. The molecule has 0 radical (unpaired) electrons. The maximum atomic E-state index is 13.0. The maximum absolute atomic E-state index is 13.0. The lowest BCUT2D eigenvalue weighted by Gasteiger charge is -2.10. The van der Waals surface area contributed by atoms with Gasteiger partial charge in [0.25, 0.3) is 11.5 Å². The Morgan fingerprint density at radius 3 is 2.21 bits per heavy atom. The van der Waals surface area contributed by atoms with Crippen LogP contribution < -0.4 is 5.56 Å². The van der Waals surface area contributed by atoms with Crippen LogP contribution in [-0.2, 0) is 0 Å². The highest BCUT2D eigenvalue weighted by Crippen LogP contribution is 2.27. The lowest BCUT2D eigenvalue weighted by Crippen LogP contribution is -2.26. The van der Waals surface area contributed by atoms with Gasteiger partial charge < -0.3 is 0 Å². The SMILES string of the molecule is O=C(c1cc(-c2ccc(Cl)cc2)cc(-c2ccccc2)n1)n1ccccc1=O. The van der Waals surface area contributed by atoms with Crippen molar-refractivity contribution >= 4 is 17.5 Å². The Morgan fingerprint density at radius 2 is 1.50 bits per heavy atom. The van der Waals surface area contributed by atoms with Gasteiger partial charge in [0.05, 0.1) is 5.69 Å². The standard InChI is InChI=1S/C23H15ClN2O2/c24-19-11-9-16(10-12-19)18-14-20(17-6-2-1-3-7-17)25-21(15-18)23(28)26-13-5-4-8-22(26)27/h1-15H. The van der Waals surface area contributed by atoms with Crippen LogP contribution in [-0.4, -0.2) is 15.5 Å². The quantitative estimate of drug-likeness (QED) is 0.502. The van der Waals surface area contributed by atoms with Gasteiger partial charge in [-0.3, -0.25) is 9.59 Å². The number of pyridine rings is 2. The molecule has 0 spiro atoms. The van der Waals surface area contributed by atoms with Crippen LogP contribution in [0.25, 0.3) is 22.4 Å². The molecule has 0 unspecified atom stereocenters. The normalized spacial score (nSPS) is 10.6. The number of carbonyl (C=O) groups excluding carboxylic acids is 1. The molecule has 28 heavy (non-hydrogen) atoms. The van der Waals surface area contributed by atoms with E-state index in [4.69, 9.17) is 11.6 Å². The van der Waals surface area contributed by atoms with Crippen LogP contribution in [0.3, 0.4) is 0 Å². The fraction of sp³-hybridized carbons (Fsp3) is 0. The second kappa shape index (κ2) is 7.62. The van der Waals surface area contributed by atoms with Crippen LogP contribution in [0.2, 0.25) is 5.02 Å². The third-order valence-electron chi connectivity index (χ3n) is 4.33. The van der Waals surface area contributed by atoms with Gasteiger partial charge in [-0.25, -0.2) is 9.55 Å². The Hall–Kier alpha value is -3.50. The Kier molecular flexibility index (Phi) is 4.87. The van der Waals surface area contributed by atoms with Crippen LogP contribution in [0, 0.1) is 0 Å². The van der Waals surface area contributed by atoms with Gasteiger partial charge in [-0.05, 0) is 41.5 Å². The zero-order valence-corrected chi connectivity index (χ0v) is 15.5. The molecule has 2 aromatic heterocycles. The second-order valence-corrected chi connectivity index (χ2v) is 6.65. The minimum absolute atomic E-state index is 0.194. The molecular formula is C23H15ClN2O2. The van der Waals surface area contributed by atoms with Gasteiger partial charge in [0.2, 0.25) is 0 Å². The van der Waals surface area contributed by atoms with E-state index in [0.29, 0.717) is 10.7 Å². The summed E-state index contributed by atoms with van der Waals surface area (Å²) in [7, 11) is 0. The molecule has 0 amide bonds. The van der Waals surface area contributed by atoms with Crippen molar-refractivity contribution in [2.45, 2.75) is 0 Å². The molecule has 0 saturated heterocycles. The summed E-state index contributed by atoms with van der Waals surface area (Å²) >= 11 is 6.00. The summed E-state index contributed by atoms with van der Waals surface area (Å²) in [6.45, 7) is 0. The van der Waals surface area contributed by atoms with E-state index in [1.807, 2.05) is 48.5 Å². The summed E-state index contributed by atoms with van der Waals surface area (Å²) in [4.78, 5) is 29.6. The van der Waals surface area contributed by atoms with Crippen molar-refractivity contribution in [3.63, 3.8) is 0 Å². The lowest BCUT2D eigenvalue weighted by atomic mass is 10.0. The molecule has 0 atom stereocenters. The van der Waals surface area contributed by atoms with E-state index in [9.17, 15) is 9.59 Å². The third kappa shape index (κ3) is 3.63. The molecular weight excluding hydrogens is 372 g/mol. The number of halogens is 1. The van der Waals surface area contributed by atoms with E-state index >= 15 is 0 Å². The van der Waals surface area contributed by atoms with Crippen LogP contribution in [0.1, 0.15) is 10.5 Å². The van der Waals surface area contributed by atoms with Crippen LogP contribution in [0.15, 0.2) is 95.9 Å². The lowest BCUT2D eigenvalue weighted by molar-refractivity contribution is 0.0951. The number of hydrogen-bond acceptors (Lipinski definition) is 3. The molecule has 0 aliphatic carbocycles. The van der Waals surface area contributed by atoms with Gasteiger partial charge in [0.15, 0.2) is 0 Å². The topological polar surface area (TPSA) is 52.0 Å². The van der Waals surface area contributed by atoms with Gasteiger partial charge in [-0.1, -0.05) is 60.1 Å². The summed E-state index contributed by atoms with van der Waals surface area (Å²) in [5, 5.41) is 0.633. The molecule has 136 valence electrons. The van der Waals surface area contributed by atoms with Crippen molar-refractivity contribution in [3.05, 3.63) is 112 Å². The maximum Gasteiger partial charge on any atom is 0.283 e. The van der Waals surface area contributed by atoms with Crippen molar-refractivity contribution in [2.75, 3.05) is 0 Å². The molecule has 4 rings (SSSR count). The summed E-state index contributed by atoms with van der Waals surface area (Å²) in [6.07, 6.45) is 1.45. The number of benzene rings is 2. The zero-order valence-electron chi connectivity index (χ0n) is 14.7. The average molecular weight is 387 g/mol. The largest absolute Gasteiger partial charge is 0.283 e. The van der Waals surface area contributed by atoms with E-state index in [-0.39, 0.29) is 5.69 Å². The van der Waals surface area contributed by atoms with Crippen LogP contribution >= 0.6 is 11.6 Å². The highest BCUT2D eigenvalue weighted by molar-refractivity contribution is 6.30. The van der Waals surface area contributed by atoms with Crippen molar-refractivity contribution < 1.29 is 4.79 Å². The molecule has 2 heterocycles. The summed E-state index contributed by atoms with van der Waals surface area (Å²) in [5.74, 6) is -0.474. The van der Waals surface area contributed by atoms with E-state index < -0.39 is 11.5 Å². The third-order valence-corrected chi connectivity index (χ3v) is 4.58. The number of aromatic nitrogens is 2. The minimum Gasteiger partial charge on any atom is -0.269 e. The van der Waals surface area contributed by atoms with Crippen LogP contribution in [0.5, 0.6) is 0 Å². The van der Waals surface area contributed by atoms with Gasteiger partial charge in [0, 0.05) is 22.8 Å². The van der Waals surface area contributed by atoms with Gasteiger partial charge in [-0.15, -0.1) is 0 Å². The predicted molar refractivity (Wildman–Crippen MR) is 111 cm³/mol. The fourth-order valence-electron chi connectivity index (χ4n) is 2.92. The molecule has 0 aliphatic rings. The first-order chi connectivity index (χ1) is 13.6. The number of carbonyl (C=O) groups is 1. The van der Waals surface area contributed by atoms with E-state index in [1.54, 1.807) is 30.3 Å². The second-order valence-electron chi connectivity index (χ2n) is 6.21. The van der Waals surface area contributed by atoms with Crippen molar-refractivity contribution in [1.29, 1.82) is 0 Å². The molecule has 2 aromatic carbocycles. The molecule has 4 nitrogen and oxygen atoms in total. The predicted octanol–water partition coefficient (Wildman–Crippen LogP) is 4.92. The van der Waals surface area contributed by atoms with Crippen molar-refractivity contribution in [3.8, 4) is 22.4 Å². The molecule has 0 N–H and O–H groups in total. The smallest absolute Gasteiger partial charge is 0.269 e. The summed E-state index contributed by atoms with van der Waals surface area (Å²) in [6, 6.07) is 25.1. The average Bonchev–Trinajstić information content (AvgIpc) is 2.74. The first-order valence-corrected chi connectivity index (χ1v) is 9.05. The monoisotopic (exact) mass is 386 g/mol. The molecule has 0 fully saturated rings. The van der Waals surface area contributed by atoms with Gasteiger partial charge in [-0.2, -0.15) is 0 Å². The highest BCUT2D eigenvalue weighted by atomic mass is 35.5. The van der Waals surface area contributed by atoms with E-state index in [0.717, 1.165) is 21.3 Å². The summed E-state index contributed by atoms with van der Waals surface area (Å²) < 4.78 is 1.06. The van der Waals surface area contributed by atoms with Gasteiger partial charge in [0.1, 0.15) is 5.69 Å². The highest BCUT2D eigenvalue weighted by Gasteiger charge is 2.15. The number of nitrogens with zero attached hydrogens (tertiary/aromatic N) is 2. The molecule has 0 saturated carbocycles. The zero-order chi connectivity index (χ0) is 19.5. The van der Waals surface area contributed by atoms with Gasteiger partial charge >= 0.3 is 0 Å². The fourth-order valence-corrected chi connectivity index (χ4v) is 3.05.